The van der Waals surface area contributed by atoms with Crippen LogP contribution in [0.3, 0.4) is 0 Å². The van der Waals surface area contributed by atoms with Gasteiger partial charge in [-0.05, 0) is 36.3 Å². The zero-order valence-electron chi connectivity index (χ0n) is 12.1. The Hall–Kier alpha value is -1.58. The van der Waals surface area contributed by atoms with Crippen molar-refractivity contribution in [3.63, 3.8) is 0 Å². The Balaban J connectivity index is 2.05. The van der Waals surface area contributed by atoms with E-state index in [9.17, 15) is 0 Å². The molecule has 1 aromatic rings. The highest BCUT2D eigenvalue weighted by molar-refractivity contribution is 5.93. The van der Waals surface area contributed by atoms with Crippen LogP contribution in [0.2, 0.25) is 0 Å². The highest BCUT2D eigenvalue weighted by Gasteiger charge is 2.29. The number of nitrogen functional groups attached to an aromatic ring is 1. The second-order valence-electron chi connectivity index (χ2n) is 6.42. The largest absolute Gasteiger partial charge is 0.382 e. The highest BCUT2D eigenvalue weighted by Crippen LogP contribution is 2.35. The molecule has 0 saturated carbocycles. The van der Waals surface area contributed by atoms with E-state index in [0.29, 0.717) is 11.1 Å². The molecular weight excluding hydrogens is 236 g/mol. The van der Waals surface area contributed by atoms with Gasteiger partial charge >= 0.3 is 0 Å². The average Bonchev–Trinajstić information content (AvgIpc) is 2.38. The summed E-state index contributed by atoms with van der Waals surface area (Å²) in [5.74, 6) is 1.76. The fourth-order valence-corrected chi connectivity index (χ4v) is 2.72. The molecule has 0 bridgehead atoms. The van der Waals surface area contributed by atoms with Crippen LogP contribution in [0.15, 0.2) is 18.2 Å². The van der Waals surface area contributed by atoms with Crippen molar-refractivity contribution in [1.29, 1.82) is 5.41 Å². The first-order valence-corrected chi connectivity index (χ1v) is 6.94. The van der Waals surface area contributed by atoms with E-state index in [1.807, 2.05) is 12.1 Å². The number of hydrogen-bond donors (Lipinski definition) is 2. The summed E-state index contributed by atoms with van der Waals surface area (Å²) in [7, 11) is 0. The molecule has 0 aliphatic carbocycles. The number of nitrogens with one attached hydrogen (secondary N) is 1. The molecule has 0 amide bonds. The Kier molecular flexibility index (Phi) is 3.78. The first kappa shape index (κ1) is 13.8. The number of anilines is 1. The van der Waals surface area contributed by atoms with Gasteiger partial charge in [-0.15, -0.1) is 0 Å². The maximum atomic E-state index is 7.46. The van der Waals surface area contributed by atoms with E-state index < -0.39 is 0 Å². The fourth-order valence-electron chi connectivity index (χ4n) is 2.72. The first-order chi connectivity index (χ1) is 8.88. The fraction of sp³-hybridized carbons (Fsp3) is 0.600. The van der Waals surface area contributed by atoms with Gasteiger partial charge in [0.25, 0.3) is 0 Å². The monoisotopic (exact) mass is 260 g/mol. The van der Waals surface area contributed by atoms with E-state index in [4.69, 9.17) is 11.1 Å². The number of nitrogens with zero attached hydrogens (tertiary/aromatic N) is 2. The number of rotatable bonds is 2. The van der Waals surface area contributed by atoms with Crippen LogP contribution in [0.25, 0.3) is 0 Å². The molecule has 1 saturated heterocycles. The lowest BCUT2D eigenvalue weighted by Crippen LogP contribution is -2.38. The summed E-state index contributed by atoms with van der Waals surface area (Å²) in [6.45, 7) is 9.04. The minimum atomic E-state index is 0.0337. The normalized spacial score (nSPS) is 17.5. The van der Waals surface area contributed by atoms with Crippen LogP contribution in [0.5, 0.6) is 0 Å². The summed E-state index contributed by atoms with van der Waals surface area (Å²) in [6.07, 6.45) is 2.41. The topological polar surface area (TPSA) is 66.0 Å². The molecule has 1 aromatic heterocycles. The van der Waals surface area contributed by atoms with E-state index >= 15 is 0 Å². The van der Waals surface area contributed by atoms with Gasteiger partial charge in [-0.1, -0.05) is 26.8 Å². The molecule has 4 nitrogen and oxygen atoms in total. The first-order valence-electron chi connectivity index (χ1n) is 6.94. The van der Waals surface area contributed by atoms with Gasteiger partial charge in [-0.25, -0.2) is 4.98 Å². The van der Waals surface area contributed by atoms with Crippen molar-refractivity contribution in [2.45, 2.75) is 33.6 Å². The van der Waals surface area contributed by atoms with Gasteiger partial charge in [0.2, 0.25) is 0 Å². The molecule has 0 radical (unpaired) electrons. The molecule has 0 atom stereocenters. The molecule has 0 unspecified atom stereocenters. The Morgan fingerprint density at radius 2 is 1.95 bits per heavy atom. The number of aromatic nitrogens is 1. The smallest absolute Gasteiger partial charge is 0.141 e. The molecular formula is C15H24N4. The summed E-state index contributed by atoms with van der Waals surface area (Å²) in [6, 6.07) is 5.71. The maximum Gasteiger partial charge on any atom is 0.141 e. The number of hydrogen-bond acceptors (Lipinski definition) is 3. The zero-order valence-corrected chi connectivity index (χ0v) is 12.1. The summed E-state index contributed by atoms with van der Waals surface area (Å²) >= 11 is 0. The summed E-state index contributed by atoms with van der Waals surface area (Å²) in [5.41, 5.74) is 6.45. The van der Waals surface area contributed by atoms with Gasteiger partial charge < -0.3 is 10.6 Å². The third-order valence-corrected chi connectivity index (χ3v) is 4.05. The van der Waals surface area contributed by atoms with Crippen molar-refractivity contribution < 1.29 is 0 Å². The van der Waals surface area contributed by atoms with Crippen LogP contribution in [-0.4, -0.2) is 23.9 Å². The predicted molar refractivity (Wildman–Crippen MR) is 79.6 cm³/mol. The molecule has 2 rings (SSSR count). The standard InChI is InChI=1S/C15H24N4/c1-15(2,3)11-7-9-19(10-8-11)13-6-4-5-12(18-13)14(16)17/h4-6,11H,7-10H2,1-3H3,(H3,16,17). The minimum absolute atomic E-state index is 0.0337. The van der Waals surface area contributed by atoms with Gasteiger partial charge in [0.05, 0.1) is 0 Å². The zero-order chi connectivity index (χ0) is 14.0. The van der Waals surface area contributed by atoms with Gasteiger partial charge in [0.1, 0.15) is 17.3 Å². The van der Waals surface area contributed by atoms with E-state index in [1.54, 1.807) is 6.07 Å². The minimum Gasteiger partial charge on any atom is -0.382 e. The second-order valence-corrected chi connectivity index (χ2v) is 6.42. The Bertz CT molecular complexity index is 453. The maximum absolute atomic E-state index is 7.46. The van der Waals surface area contributed by atoms with Gasteiger partial charge in [0, 0.05) is 13.1 Å². The molecule has 1 aliphatic rings. The molecule has 104 valence electrons. The quantitative estimate of drug-likeness (QED) is 0.634. The summed E-state index contributed by atoms with van der Waals surface area (Å²) in [5, 5.41) is 7.46. The van der Waals surface area contributed by atoms with Crippen molar-refractivity contribution in [3.8, 4) is 0 Å². The number of piperidine rings is 1. The molecule has 0 aromatic carbocycles. The van der Waals surface area contributed by atoms with Crippen LogP contribution in [0.1, 0.15) is 39.3 Å². The molecule has 2 heterocycles. The Labute approximate surface area is 115 Å². The molecule has 19 heavy (non-hydrogen) atoms. The Morgan fingerprint density at radius 1 is 1.32 bits per heavy atom. The number of pyridine rings is 1. The highest BCUT2D eigenvalue weighted by atomic mass is 15.2. The van der Waals surface area contributed by atoms with Crippen LogP contribution in [0.4, 0.5) is 5.82 Å². The number of amidine groups is 1. The second kappa shape index (κ2) is 5.19. The number of nitrogens with two attached hydrogens (primary N) is 1. The summed E-state index contributed by atoms with van der Waals surface area (Å²) in [4.78, 5) is 6.76. The molecule has 1 fully saturated rings. The van der Waals surface area contributed by atoms with Crippen LogP contribution in [0, 0.1) is 16.7 Å². The molecule has 3 N–H and O–H groups in total. The van der Waals surface area contributed by atoms with Crippen molar-refractivity contribution in [2.75, 3.05) is 18.0 Å². The van der Waals surface area contributed by atoms with E-state index in [0.717, 1.165) is 24.8 Å². The van der Waals surface area contributed by atoms with E-state index in [1.165, 1.54) is 12.8 Å². The SMILES string of the molecule is CC(C)(C)C1CCN(c2cccc(C(=N)N)n2)CC1. The van der Waals surface area contributed by atoms with Gasteiger partial charge in [-0.3, -0.25) is 5.41 Å². The lowest BCUT2D eigenvalue weighted by atomic mass is 9.75. The van der Waals surface area contributed by atoms with E-state index in [-0.39, 0.29) is 5.84 Å². The molecule has 4 heteroatoms. The van der Waals surface area contributed by atoms with Crippen LogP contribution < -0.4 is 10.6 Å². The Morgan fingerprint density at radius 3 is 2.47 bits per heavy atom. The van der Waals surface area contributed by atoms with Crippen molar-refractivity contribution >= 4 is 11.7 Å². The lowest BCUT2D eigenvalue weighted by Gasteiger charge is -2.39. The third kappa shape index (κ3) is 3.25. The van der Waals surface area contributed by atoms with Gasteiger partial charge in [0.15, 0.2) is 0 Å². The van der Waals surface area contributed by atoms with Gasteiger partial charge in [-0.2, -0.15) is 0 Å². The molecule has 1 aliphatic heterocycles. The molecule has 0 spiro atoms. The van der Waals surface area contributed by atoms with Crippen molar-refractivity contribution in [1.82, 2.24) is 4.98 Å². The summed E-state index contributed by atoms with van der Waals surface area (Å²) < 4.78 is 0. The predicted octanol–water partition coefficient (Wildman–Crippen LogP) is 2.63. The van der Waals surface area contributed by atoms with Crippen LogP contribution >= 0.6 is 0 Å². The van der Waals surface area contributed by atoms with Crippen molar-refractivity contribution in [2.24, 2.45) is 17.1 Å². The van der Waals surface area contributed by atoms with E-state index in [2.05, 4.69) is 30.7 Å². The third-order valence-electron chi connectivity index (χ3n) is 4.05. The average molecular weight is 260 g/mol. The lowest BCUT2D eigenvalue weighted by molar-refractivity contribution is 0.198. The van der Waals surface area contributed by atoms with Crippen molar-refractivity contribution in [3.05, 3.63) is 23.9 Å². The van der Waals surface area contributed by atoms with Crippen LogP contribution in [-0.2, 0) is 0 Å².